The van der Waals surface area contributed by atoms with Crippen LogP contribution in [0.25, 0.3) is 0 Å². The Morgan fingerprint density at radius 1 is 1.11 bits per heavy atom. The van der Waals surface area contributed by atoms with Gasteiger partial charge in [-0.25, -0.2) is 14.6 Å². The lowest BCUT2D eigenvalue weighted by Gasteiger charge is -2.16. The Balaban J connectivity index is 1.84. The lowest BCUT2D eigenvalue weighted by atomic mass is 10.2. The third-order valence-electron chi connectivity index (χ3n) is 3.83. The minimum Gasteiger partial charge on any atom is -0.490 e. The number of hydrogen-bond acceptors (Lipinski definition) is 7. The molecule has 0 spiro atoms. The van der Waals surface area contributed by atoms with Crippen molar-refractivity contribution < 1.29 is 23.8 Å². The summed E-state index contributed by atoms with van der Waals surface area (Å²) in [5.41, 5.74) is 1.60. The number of benzene rings is 1. The molecule has 0 fully saturated rings. The molecule has 1 unspecified atom stereocenters. The van der Waals surface area contributed by atoms with E-state index in [4.69, 9.17) is 14.2 Å². The van der Waals surface area contributed by atoms with E-state index in [1.54, 1.807) is 18.2 Å². The first-order valence-electron chi connectivity index (χ1n) is 9.14. The van der Waals surface area contributed by atoms with Crippen LogP contribution >= 0.6 is 11.3 Å². The summed E-state index contributed by atoms with van der Waals surface area (Å²) in [6.45, 7) is 4.30. The van der Waals surface area contributed by atoms with Crippen molar-refractivity contribution in [1.82, 2.24) is 4.98 Å². The van der Waals surface area contributed by atoms with Gasteiger partial charge in [-0.2, -0.15) is 0 Å². The van der Waals surface area contributed by atoms with E-state index < -0.39 is 18.0 Å². The average Bonchev–Trinajstić information content (AvgIpc) is 3.20. The quantitative estimate of drug-likeness (QED) is 0.315. The fourth-order valence-corrected chi connectivity index (χ4v) is 2.85. The molecule has 0 saturated carbocycles. The zero-order chi connectivity index (χ0) is 19.5. The van der Waals surface area contributed by atoms with Crippen molar-refractivity contribution in [2.24, 2.45) is 0 Å². The maximum Gasteiger partial charge on any atom is 0.365 e. The van der Waals surface area contributed by atoms with Crippen molar-refractivity contribution >= 4 is 23.3 Å². The monoisotopic (exact) mass is 391 g/mol. The average molecular weight is 391 g/mol. The predicted octanol–water partition coefficient (Wildman–Crippen LogP) is 4.64. The molecule has 0 amide bonds. The molecule has 2 aromatic rings. The predicted molar refractivity (Wildman–Crippen MR) is 103 cm³/mol. The van der Waals surface area contributed by atoms with Crippen LogP contribution < -0.4 is 9.47 Å². The number of ether oxygens (including phenoxy) is 3. The normalized spacial score (nSPS) is 11.6. The topological polar surface area (TPSA) is 74.7 Å². The van der Waals surface area contributed by atoms with E-state index in [1.165, 1.54) is 48.4 Å². The number of thiazole rings is 1. The second-order valence-corrected chi connectivity index (χ2v) is 6.77. The van der Waals surface area contributed by atoms with E-state index in [2.05, 4.69) is 11.9 Å². The molecule has 27 heavy (non-hydrogen) atoms. The Hall–Kier alpha value is -2.41. The molecule has 1 aromatic heterocycles. The van der Waals surface area contributed by atoms with Crippen molar-refractivity contribution in [3.8, 4) is 11.5 Å². The second-order valence-electron chi connectivity index (χ2n) is 6.05. The van der Waals surface area contributed by atoms with Crippen LogP contribution in [-0.2, 0) is 9.53 Å². The van der Waals surface area contributed by atoms with Gasteiger partial charge in [0.1, 0.15) is 0 Å². The fraction of sp³-hybridized carbons (Fsp3) is 0.450. The Morgan fingerprint density at radius 3 is 2.56 bits per heavy atom. The van der Waals surface area contributed by atoms with Gasteiger partial charge in [0, 0.05) is 5.38 Å². The number of esters is 2. The lowest BCUT2D eigenvalue weighted by Crippen LogP contribution is -2.28. The summed E-state index contributed by atoms with van der Waals surface area (Å²) in [7, 11) is 0. The smallest absolute Gasteiger partial charge is 0.365 e. The highest BCUT2D eigenvalue weighted by Gasteiger charge is 2.23. The van der Waals surface area contributed by atoms with E-state index in [9.17, 15) is 9.59 Å². The molecule has 1 heterocycles. The first-order valence-corrected chi connectivity index (χ1v) is 10.1. The molecule has 2 rings (SSSR count). The Kier molecular flexibility index (Phi) is 8.77. The number of unbranched alkanes of at least 4 members (excludes halogenated alkanes) is 4. The molecule has 0 aliphatic rings. The first-order chi connectivity index (χ1) is 13.1. The molecule has 7 heteroatoms. The number of hydrogen-bond donors (Lipinski definition) is 0. The van der Waals surface area contributed by atoms with Gasteiger partial charge in [-0.3, -0.25) is 0 Å². The van der Waals surface area contributed by atoms with E-state index in [1.807, 2.05) is 6.07 Å². The molecular weight excluding hydrogens is 366 g/mol. The number of carbonyl (C=O) groups excluding carboxylic acids is 2. The highest BCUT2D eigenvalue weighted by Crippen LogP contribution is 2.28. The van der Waals surface area contributed by atoms with Gasteiger partial charge in [0.05, 0.1) is 12.1 Å². The van der Waals surface area contributed by atoms with E-state index >= 15 is 0 Å². The van der Waals surface area contributed by atoms with Gasteiger partial charge in [0.15, 0.2) is 23.3 Å². The maximum absolute atomic E-state index is 12.1. The second kappa shape index (κ2) is 11.3. The largest absolute Gasteiger partial charge is 0.490 e. The van der Waals surface area contributed by atoms with Crippen LogP contribution in [0.15, 0.2) is 35.2 Å². The van der Waals surface area contributed by atoms with Crippen molar-refractivity contribution in [1.29, 1.82) is 0 Å². The lowest BCUT2D eigenvalue weighted by molar-refractivity contribution is -0.145. The van der Waals surface area contributed by atoms with Crippen molar-refractivity contribution in [3.63, 3.8) is 0 Å². The number of rotatable bonds is 11. The molecule has 6 nitrogen and oxygen atoms in total. The summed E-state index contributed by atoms with van der Waals surface area (Å²) in [5, 5.41) is 1.52. The first kappa shape index (κ1) is 20.9. The zero-order valence-electron chi connectivity index (χ0n) is 15.7. The molecule has 0 N–H and O–H groups in total. The zero-order valence-corrected chi connectivity index (χ0v) is 16.5. The molecular formula is C20H25NO5S. The van der Waals surface area contributed by atoms with Crippen molar-refractivity contribution in [2.75, 3.05) is 6.61 Å². The van der Waals surface area contributed by atoms with Gasteiger partial charge in [0.25, 0.3) is 0 Å². The van der Waals surface area contributed by atoms with Gasteiger partial charge < -0.3 is 14.2 Å². The third kappa shape index (κ3) is 7.02. The standard InChI is InChI=1S/C20H25NO5S/c1-3-4-5-6-9-12-24-17-10-7-8-11-18(17)25-15(2)19(22)26-20(23)16-13-27-14-21-16/h7-8,10-11,13-15H,3-6,9,12H2,1-2H3. The molecule has 0 aliphatic carbocycles. The SMILES string of the molecule is CCCCCCCOc1ccccc1OC(C)C(=O)OC(=O)c1cscn1. The molecule has 1 aromatic carbocycles. The Bertz CT molecular complexity index is 717. The number of para-hydroxylation sites is 2. The third-order valence-corrected chi connectivity index (χ3v) is 4.41. The van der Waals surface area contributed by atoms with Crippen LogP contribution in [0, 0.1) is 0 Å². The maximum atomic E-state index is 12.1. The molecule has 146 valence electrons. The summed E-state index contributed by atoms with van der Waals surface area (Å²) in [6, 6.07) is 7.15. The van der Waals surface area contributed by atoms with Gasteiger partial charge in [0.2, 0.25) is 0 Å². The van der Waals surface area contributed by atoms with Gasteiger partial charge in [-0.1, -0.05) is 44.7 Å². The van der Waals surface area contributed by atoms with Gasteiger partial charge in [-0.15, -0.1) is 11.3 Å². The Labute approximate surface area is 163 Å². The van der Waals surface area contributed by atoms with Crippen LogP contribution in [-0.4, -0.2) is 29.6 Å². The number of nitrogens with zero attached hydrogens (tertiary/aromatic N) is 1. The number of aromatic nitrogens is 1. The highest BCUT2D eigenvalue weighted by molar-refractivity contribution is 7.07. The van der Waals surface area contributed by atoms with E-state index in [0.29, 0.717) is 18.1 Å². The van der Waals surface area contributed by atoms with Crippen LogP contribution in [0.5, 0.6) is 11.5 Å². The highest BCUT2D eigenvalue weighted by atomic mass is 32.1. The molecule has 0 saturated heterocycles. The van der Waals surface area contributed by atoms with E-state index in [-0.39, 0.29) is 5.69 Å². The molecule has 0 aliphatic heterocycles. The van der Waals surface area contributed by atoms with Gasteiger partial charge >= 0.3 is 11.9 Å². The molecule has 0 radical (unpaired) electrons. The molecule has 0 bridgehead atoms. The summed E-state index contributed by atoms with van der Waals surface area (Å²) in [6.07, 6.45) is 4.78. The minimum atomic E-state index is -0.957. The number of carbonyl (C=O) groups is 2. The molecule has 1 atom stereocenters. The Morgan fingerprint density at radius 2 is 1.85 bits per heavy atom. The van der Waals surface area contributed by atoms with Crippen LogP contribution in [0.1, 0.15) is 56.4 Å². The van der Waals surface area contributed by atoms with Crippen LogP contribution in [0.4, 0.5) is 0 Å². The van der Waals surface area contributed by atoms with Gasteiger partial charge in [-0.05, 0) is 25.5 Å². The van der Waals surface area contributed by atoms with Crippen molar-refractivity contribution in [2.45, 2.75) is 52.1 Å². The fourth-order valence-electron chi connectivity index (χ4n) is 2.33. The van der Waals surface area contributed by atoms with Crippen LogP contribution in [0.2, 0.25) is 0 Å². The van der Waals surface area contributed by atoms with Crippen molar-refractivity contribution in [3.05, 3.63) is 40.8 Å². The van der Waals surface area contributed by atoms with Crippen LogP contribution in [0.3, 0.4) is 0 Å². The minimum absolute atomic E-state index is 0.104. The summed E-state index contributed by atoms with van der Waals surface area (Å²) in [5.74, 6) is -0.550. The summed E-state index contributed by atoms with van der Waals surface area (Å²) in [4.78, 5) is 27.7. The van der Waals surface area contributed by atoms with E-state index in [0.717, 1.165) is 12.8 Å². The summed E-state index contributed by atoms with van der Waals surface area (Å²) >= 11 is 1.25. The summed E-state index contributed by atoms with van der Waals surface area (Å²) < 4.78 is 16.2.